The van der Waals surface area contributed by atoms with Crippen molar-refractivity contribution in [3.8, 4) is 5.75 Å². The number of nitrogens with one attached hydrogen (secondary N) is 2. The Morgan fingerprint density at radius 2 is 2.21 bits per heavy atom. The molecule has 0 aliphatic carbocycles. The van der Waals surface area contributed by atoms with Crippen molar-refractivity contribution in [1.82, 2.24) is 5.32 Å². The number of hydrogen-bond acceptors (Lipinski definition) is 3. The SMILES string of the molecule is CCCOc1ccccc1NC(=O)C(C)C1CNC1. The zero-order valence-electron chi connectivity index (χ0n) is 11.6. The van der Waals surface area contributed by atoms with E-state index in [4.69, 9.17) is 4.74 Å². The Kier molecular flexibility index (Phi) is 4.80. The van der Waals surface area contributed by atoms with Gasteiger partial charge in [0, 0.05) is 5.92 Å². The molecule has 1 aliphatic heterocycles. The largest absolute Gasteiger partial charge is 0.491 e. The smallest absolute Gasteiger partial charge is 0.227 e. The molecule has 0 radical (unpaired) electrons. The third-order valence-electron chi connectivity index (χ3n) is 3.54. The van der Waals surface area contributed by atoms with Crippen molar-refractivity contribution < 1.29 is 9.53 Å². The highest BCUT2D eigenvalue weighted by Gasteiger charge is 2.28. The van der Waals surface area contributed by atoms with Gasteiger partial charge in [-0.3, -0.25) is 4.79 Å². The third-order valence-corrected chi connectivity index (χ3v) is 3.54. The molecule has 1 atom stereocenters. The fourth-order valence-corrected chi connectivity index (χ4v) is 2.03. The number of amides is 1. The minimum absolute atomic E-state index is 0.0282. The second kappa shape index (κ2) is 6.57. The first-order chi connectivity index (χ1) is 9.22. The van der Waals surface area contributed by atoms with E-state index in [0.717, 1.165) is 30.9 Å². The van der Waals surface area contributed by atoms with Gasteiger partial charge in [0.1, 0.15) is 5.75 Å². The maximum atomic E-state index is 12.2. The van der Waals surface area contributed by atoms with Gasteiger partial charge in [-0.2, -0.15) is 0 Å². The van der Waals surface area contributed by atoms with Gasteiger partial charge in [0.15, 0.2) is 0 Å². The summed E-state index contributed by atoms with van der Waals surface area (Å²) >= 11 is 0. The molecule has 4 nitrogen and oxygen atoms in total. The molecule has 1 aliphatic rings. The van der Waals surface area contributed by atoms with Crippen molar-refractivity contribution in [1.29, 1.82) is 0 Å². The van der Waals surface area contributed by atoms with Crippen molar-refractivity contribution >= 4 is 11.6 Å². The van der Waals surface area contributed by atoms with Crippen LogP contribution >= 0.6 is 0 Å². The van der Waals surface area contributed by atoms with Gasteiger partial charge in [0.25, 0.3) is 0 Å². The molecule has 104 valence electrons. The van der Waals surface area contributed by atoms with E-state index in [1.165, 1.54) is 0 Å². The first-order valence-electron chi connectivity index (χ1n) is 6.95. The average molecular weight is 262 g/mol. The Hall–Kier alpha value is -1.55. The summed E-state index contributed by atoms with van der Waals surface area (Å²) in [6.07, 6.45) is 0.951. The summed E-state index contributed by atoms with van der Waals surface area (Å²) in [4.78, 5) is 12.2. The van der Waals surface area contributed by atoms with Gasteiger partial charge in [0.2, 0.25) is 5.91 Å². The number of hydrogen-bond donors (Lipinski definition) is 2. The molecular formula is C15H22N2O2. The molecule has 0 bridgehead atoms. The van der Waals surface area contributed by atoms with Crippen LogP contribution in [0.15, 0.2) is 24.3 Å². The van der Waals surface area contributed by atoms with E-state index in [1.807, 2.05) is 31.2 Å². The predicted molar refractivity (Wildman–Crippen MR) is 76.4 cm³/mol. The molecule has 19 heavy (non-hydrogen) atoms. The molecule has 2 N–H and O–H groups in total. The van der Waals surface area contributed by atoms with Crippen LogP contribution in [0.4, 0.5) is 5.69 Å². The van der Waals surface area contributed by atoms with E-state index >= 15 is 0 Å². The standard InChI is InChI=1S/C15H22N2O2/c1-3-8-19-14-7-5-4-6-13(14)17-15(18)11(2)12-9-16-10-12/h4-7,11-12,16H,3,8-10H2,1-2H3,(H,17,18). The summed E-state index contributed by atoms with van der Waals surface area (Å²) in [7, 11) is 0. The Morgan fingerprint density at radius 1 is 1.47 bits per heavy atom. The maximum Gasteiger partial charge on any atom is 0.227 e. The minimum Gasteiger partial charge on any atom is -0.491 e. The van der Waals surface area contributed by atoms with E-state index < -0.39 is 0 Å². The van der Waals surface area contributed by atoms with Crippen molar-refractivity contribution in [2.24, 2.45) is 11.8 Å². The Labute approximate surface area is 114 Å². The lowest BCUT2D eigenvalue weighted by Crippen LogP contribution is -2.48. The number of rotatable bonds is 6. The van der Waals surface area contributed by atoms with Crippen molar-refractivity contribution in [2.75, 3.05) is 25.0 Å². The van der Waals surface area contributed by atoms with E-state index in [0.29, 0.717) is 12.5 Å². The third kappa shape index (κ3) is 3.47. The monoisotopic (exact) mass is 262 g/mol. The van der Waals surface area contributed by atoms with Gasteiger partial charge in [-0.15, -0.1) is 0 Å². The first-order valence-corrected chi connectivity index (χ1v) is 6.95. The van der Waals surface area contributed by atoms with E-state index in [2.05, 4.69) is 17.6 Å². The van der Waals surface area contributed by atoms with Gasteiger partial charge in [-0.05, 0) is 37.6 Å². The highest BCUT2D eigenvalue weighted by atomic mass is 16.5. The van der Waals surface area contributed by atoms with Crippen LogP contribution in [-0.4, -0.2) is 25.6 Å². The summed E-state index contributed by atoms with van der Waals surface area (Å²) in [5.74, 6) is 1.29. The highest BCUT2D eigenvalue weighted by Crippen LogP contribution is 2.26. The predicted octanol–water partition coefficient (Wildman–Crippen LogP) is 2.27. The molecule has 0 spiro atoms. The Morgan fingerprint density at radius 3 is 2.84 bits per heavy atom. The summed E-state index contributed by atoms with van der Waals surface area (Å²) in [5, 5.41) is 6.17. The van der Waals surface area contributed by atoms with Crippen LogP contribution in [0.25, 0.3) is 0 Å². The quantitative estimate of drug-likeness (QED) is 0.827. The molecule has 1 aromatic rings. The number of carbonyl (C=O) groups excluding carboxylic acids is 1. The molecule has 1 amide bonds. The Balaban J connectivity index is 1.99. The van der Waals surface area contributed by atoms with Crippen LogP contribution in [0.2, 0.25) is 0 Å². The molecule has 1 fully saturated rings. The van der Waals surface area contributed by atoms with E-state index in [9.17, 15) is 4.79 Å². The van der Waals surface area contributed by atoms with Crippen molar-refractivity contribution in [2.45, 2.75) is 20.3 Å². The van der Waals surface area contributed by atoms with Crippen LogP contribution < -0.4 is 15.4 Å². The molecule has 2 rings (SSSR count). The molecule has 1 heterocycles. The van der Waals surface area contributed by atoms with E-state index in [1.54, 1.807) is 0 Å². The fraction of sp³-hybridized carbons (Fsp3) is 0.533. The van der Waals surface area contributed by atoms with Crippen LogP contribution in [0, 0.1) is 11.8 Å². The summed E-state index contributed by atoms with van der Waals surface area (Å²) < 4.78 is 5.64. The summed E-state index contributed by atoms with van der Waals surface area (Å²) in [5.41, 5.74) is 0.764. The summed E-state index contributed by atoms with van der Waals surface area (Å²) in [6, 6.07) is 7.60. The first kappa shape index (κ1) is 13.9. The maximum absolute atomic E-state index is 12.2. The lowest BCUT2D eigenvalue weighted by Gasteiger charge is -2.31. The van der Waals surface area contributed by atoms with Crippen molar-refractivity contribution in [3.05, 3.63) is 24.3 Å². The van der Waals surface area contributed by atoms with Gasteiger partial charge in [0.05, 0.1) is 12.3 Å². The molecule has 0 saturated carbocycles. The van der Waals surface area contributed by atoms with Gasteiger partial charge >= 0.3 is 0 Å². The second-order valence-electron chi connectivity index (χ2n) is 5.04. The Bertz CT molecular complexity index is 430. The van der Waals surface area contributed by atoms with Crippen LogP contribution in [0.5, 0.6) is 5.75 Å². The van der Waals surface area contributed by atoms with Gasteiger partial charge in [-0.1, -0.05) is 26.0 Å². The highest BCUT2D eigenvalue weighted by molar-refractivity contribution is 5.94. The van der Waals surface area contributed by atoms with Crippen molar-refractivity contribution in [3.63, 3.8) is 0 Å². The van der Waals surface area contributed by atoms with Gasteiger partial charge < -0.3 is 15.4 Å². The van der Waals surface area contributed by atoms with Gasteiger partial charge in [-0.25, -0.2) is 0 Å². The lowest BCUT2D eigenvalue weighted by molar-refractivity contribution is -0.121. The number of benzene rings is 1. The zero-order valence-corrected chi connectivity index (χ0v) is 11.6. The lowest BCUT2D eigenvalue weighted by atomic mass is 9.88. The molecule has 1 saturated heterocycles. The number of carbonyl (C=O) groups is 1. The number of anilines is 1. The zero-order chi connectivity index (χ0) is 13.7. The van der Waals surface area contributed by atoms with E-state index in [-0.39, 0.29) is 11.8 Å². The normalized spacial score (nSPS) is 16.5. The molecule has 4 heteroatoms. The van der Waals surface area contributed by atoms with Crippen LogP contribution in [-0.2, 0) is 4.79 Å². The average Bonchev–Trinajstić information content (AvgIpc) is 2.35. The molecule has 1 unspecified atom stereocenters. The van der Waals surface area contributed by atoms with Crippen LogP contribution in [0.3, 0.4) is 0 Å². The molecule has 0 aromatic heterocycles. The number of ether oxygens (including phenoxy) is 1. The minimum atomic E-state index is 0.0282. The fourth-order valence-electron chi connectivity index (χ4n) is 2.03. The second-order valence-corrected chi connectivity index (χ2v) is 5.04. The molecule has 1 aromatic carbocycles. The summed E-state index contributed by atoms with van der Waals surface area (Å²) in [6.45, 7) is 6.57. The van der Waals surface area contributed by atoms with Crippen LogP contribution in [0.1, 0.15) is 20.3 Å². The molecular weight excluding hydrogens is 240 g/mol. The number of para-hydroxylation sites is 2. The topological polar surface area (TPSA) is 50.4 Å².